The maximum Gasteiger partial charge on any atom is 0.138 e. The Morgan fingerprint density at radius 2 is 1.86 bits per heavy atom. The summed E-state index contributed by atoms with van der Waals surface area (Å²) in [5.74, 6) is 1.70. The molecule has 0 unspecified atom stereocenters. The fraction of sp³-hybridized carbons (Fsp3) is 0.278. The molecular weight excluding hydrogens is 274 g/mol. The van der Waals surface area contributed by atoms with Gasteiger partial charge in [0.25, 0.3) is 0 Å². The number of benzene rings is 2. The number of fused-ring (bicyclic) bond motifs is 1. The van der Waals surface area contributed by atoms with Crippen molar-refractivity contribution >= 4 is 11.0 Å². The van der Waals surface area contributed by atoms with Crippen molar-refractivity contribution in [3.63, 3.8) is 0 Å². The van der Waals surface area contributed by atoms with E-state index in [1.165, 1.54) is 5.56 Å². The highest BCUT2D eigenvalue weighted by Crippen LogP contribution is 2.27. The van der Waals surface area contributed by atoms with Gasteiger partial charge in [-0.3, -0.25) is 0 Å². The van der Waals surface area contributed by atoms with Gasteiger partial charge in [-0.25, -0.2) is 4.98 Å². The average Bonchev–Trinajstić information content (AvgIpc) is 2.98. The molecule has 4 nitrogen and oxygen atoms in total. The van der Waals surface area contributed by atoms with Crippen LogP contribution in [0.15, 0.2) is 42.5 Å². The van der Waals surface area contributed by atoms with Crippen LogP contribution in [0.25, 0.3) is 22.4 Å². The third-order valence-corrected chi connectivity index (χ3v) is 4.14. The van der Waals surface area contributed by atoms with Crippen LogP contribution in [0.1, 0.15) is 19.4 Å². The summed E-state index contributed by atoms with van der Waals surface area (Å²) in [6, 6.07) is 14.2. The van der Waals surface area contributed by atoms with Gasteiger partial charge >= 0.3 is 0 Å². The molecule has 0 spiro atoms. The van der Waals surface area contributed by atoms with Gasteiger partial charge in [-0.05, 0) is 42.0 Å². The zero-order chi connectivity index (χ0) is 15.7. The molecule has 0 atom stereocenters. The Kier molecular flexibility index (Phi) is 3.62. The van der Waals surface area contributed by atoms with E-state index in [1.54, 1.807) is 7.11 Å². The van der Waals surface area contributed by atoms with Crippen LogP contribution in [-0.2, 0) is 5.41 Å². The number of nitrogens with one attached hydrogen (secondary N) is 1. The summed E-state index contributed by atoms with van der Waals surface area (Å²) in [6.45, 7) is 4.89. The topological polar surface area (TPSA) is 63.9 Å². The molecule has 3 N–H and O–H groups in total. The van der Waals surface area contributed by atoms with Crippen molar-refractivity contribution in [3.05, 3.63) is 48.0 Å². The molecule has 0 saturated carbocycles. The molecule has 1 aromatic heterocycles. The van der Waals surface area contributed by atoms with Crippen molar-refractivity contribution in [1.82, 2.24) is 9.97 Å². The standard InChI is InChI=1S/C18H21N3O/c1-18(2,11-19)13-6-9-15-16(10-13)21-17(20-15)12-4-7-14(22-3)8-5-12/h4-10H,11,19H2,1-3H3,(H,20,21). The number of hydrogen-bond donors (Lipinski definition) is 2. The second kappa shape index (κ2) is 5.46. The molecule has 3 rings (SSSR count). The van der Waals surface area contributed by atoms with Crippen molar-refractivity contribution in [1.29, 1.82) is 0 Å². The SMILES string of the molecule is COc1ccc(-c2nc3cc(C(C)(C)CN)ccc3[nH]2)cc1. The van der Waals surface area contributed by atoms with E-state index in [2.05, 4.69) is 37.0 Å². The predicted octanol–water partition coefficient (Wildman–Crippen LogP) is 3.47. The quantitative estimate of drug-likeness (QED) is 0.774. The highest BCUT2D eigenvalue weighted by atomic mass is 16.5. The molecule has 0 saturated heterocycles. The van der Waals surface area contributed by atoms with Crippen LogP contribution >= 0.6 is 0 Å². The van der Waals surface area contributed by atoms with E-state index in [0.29, 0.717) is 6.54 Å². The molecule has 22 heavy (non-hydrogen) atoms. The van der Waals surface area contributed by atoms with Gasteiger partial charge in [0, 0.05) is 17.5 Å². The molecule has 0 aliphatic heterocycles. The first-order chi connectivity index (χ1) is 10.5. The van der Waals surface area contributed by atoms with Gasteiger partial charge in [-0.15, -0.1) is 0 Å². The lowest BCUT2D eigenvalue weighted by Crippen LogP contribution is -2.27. The van der Waals surface area contributed by atoms with E-state index in [-0.39, 0.29) is 5.41 Å². The van der Waals surface area contributed by atoms with Crippen LogP contribution in [-0.4, -0.2) is 23.6 Å². The van der Waals surface area contributed by atoms with Crippen LogP contribution in [0.4, 0.5) is 0 Å². The summed E-state index contributed by atoms with van der Waals surface area (Å²) in [6.07, 6.45) is 0. The van der Waals surface area contributed by atoms with Gasteiger partial charge in [-0.2, -0.15) is 0 Å². The largest absolute Gasteiger partial charge is 0.497 e. The summed E-state index contributed by atoms with van der Waals surface area (Å²) in [5.41, 5.74) is 10.1. The molecule has 0 aliphatic carbocycles. The Balaban J connectivity index is 2.02. The number of aromatic amines is 1. The lowest BCUT2D eigenvalue weighted by Gasteiger charge is -2.22. The fourth-order valence-corrected chi connectivity index (χ4v) is 2.43. The number of ether oxygens (including phenoxy) is 1. The van der Waals surface area contributed by atoms with Gasteiger partial charge in [0.15, 0.2) is 0 Å². The maximum absolute atomic E-state index is 5.87. The number of H-pyrrole nitrogens is 1. The van der Waals surface area contributed by atoms with Gasteiger partial charge in [0.2, 0.25) is 0 Å². The Labute approximate surface area is 130 Å². The number of hydrogen-bond acceptors (Lipinski definition) is 3. The number of imidazole rings is 1. The summed E-state index contributed by atoms with van der Waals surface area (Å²) >= 11 is 0. The predicted molar refractivity (Wildman–Crippen MR) is 90.2 cm³/mol. The number of methoxy groups -OCH3 is 1. The maximum atomic E-state index is 5.87. The Morgan fingerprint density at radius 1 is 1.14 bits per heavy atom. The van der Waals surface area contributed by atoms with E-state index in [4.69, 9.17) is 15.5 Å². The first-order valence-corrected chi connectivity index (χ1v) is 7.38. The van der Waals surface area contributed by atoms with Crippen molar-refractivity contribution in [2.24, 2.45) is 5.73 Å². The zero-order valence-corrected chi connectivity index (χ0v) is 13.2. The van der Waals surface area contributed by atoms with Gasteiger partial charge in [0.05, 0.1) is 18.1 Å². The Hall–Kier alpha value is -2.33. The smallest absolute Gasteiger partial charge is 0.138 e. The highest BCUT2D eigenvalue weighted by Gasteiger charge is 2.19. The van der Waals surface area contributed by atoms with E-state index in [1.807, 2.05) is 24.3 Å². The molecule has 0 amide bonds. The zero-order valence-electron chi connectivity index (χ0n) is 13.2. The summed E-state index contributed by atoms with van der Waals surface area (Å²) in [7, 11) is 1.66. The second-order valence-corrected chi connectivity index (χ2v) is 6.13. The fourth-order valence-electron chi connectivity index (χ4n) is 2.43. The summed E-state index contributed by atoms with van der Waals surface area (Å²) in [5, 5.41) is 0. The minimum absolute atomic E-state index is 0.0482. The lowest BCUT2D eigenvalue weighted by atomic mass is 9.85. The molecule has 4 heteroatoms. The Morgan fingerprint density at radius 3 is 2.50 bits per heavy atom. The van der Waals surface area contributed by atoms with Crippen molar-refractivity contribution in [2.75, 3.05) is 13.7 Å². The average molecular weight is 295 g/mol. The number of aromatic nitrogens is 2. The normalized spacial score (nSPS) is 11.8. The monoisotopic (exact) mass is 295 g/mol. The van der Waals surface area contributed by atoms with E-state index in [0.717, 1.165) is 28.2 Å². The highest BCUT2D eigenvalue weighted by molar-refractivity contribution is 5.80. The number of rotatable bonds is 4. The van der Waals surface area contributed by atoms with Crippen LogP contribution in [0.5, 0.6) is 5.75 Å². The summed E-state index contributed by atoms with van der Waals surface area (Å²) in [4.78, 5) is 8.07. The molecule has 0 fully saturated rings. The summed E-state index contributed by atoms with van der Waals surface area (Å²) < 4.78 is 5.19. The van der Waals surface area contributed by atoms with Crippen molar-refractivity contribution < 1.29 is 4.74 Å². The lowest BCUT2D eigenvalue weighted by molar-refractivity contribution is 0.415. The Bertz CT molecular complexity index is 788. The van der Waals surface area contributed by atoms with Gasteiger partial charge in [0.1, 0.15) is 11.6 Å². The third kappa shape index (κ3) is 2.57. The van der Waals surface area contributed by atoms with Crippen LogP contribution < -0.4 is 10.5 Å². The minimum atomic E-state index is -0.0482. The number of nitrogens with zero attached hydrogens (tertiary/aromatic N) is 1. The first-order valence-electron chi connectivity index (χ1n) is 7.38. The third-order valence-electron chi connectivity index (χ3n) is 4.14. The van der Waals surface area contributed by atoms with E-state index < -0.39 is 0 Å². The van der Waals surface area contributed by atoms with Gasteiger partial charge in [-0.1, -0.05) is 19.9 Å². The van der Waals surface area contributed by atoms with E-state index >= 15 is 0 Å². The first kappa shape index (κ1) is 14.6. The van der Waals surface area contributed by atoms with Crippen LogP contribution in [0.3, 0.4) is 0 Å². The molecule has 0 radical (unpaired) electrons. The van der Waals surface area contributed by atoms with Crippen molar-refractivity contribution in [3.8, 4) is 17.1 Å². The van der Waals surface area contributed by atoms with Gasteiger partial charge < -0.3 is 15.5 Å². The molecular formula is C18H21N3O. The molecule has 2 aromatic carbocycles. The van der Waals surface area contributed by atoms with Crippen molar-refractivity contribution in [2.45, 2.75) is 19.3 Å². The molecule has 0 bridgehead atoms. The molecule has 0 aliphatic rings. The van der Waals surface area contributed by atoms with Crippen LogP contribution in [0, 0.1) is 0 Å². The molecule has 114 valence electrons. The second-order valence-electron chi connectivity index (χ2n) is 6.13. The van der Waals surface area contributed by atoms with Crippen LogP contribution in [0.2, 0.25) is 0 Å². The number of nitrogens with two attached hydrogens (primary N) is 1. The van der Waals surface area contributed by atoms with E-state index in [9.17, 15) is 0 Å². The molecule has 1 heterocycles. The minimum Gasteiger partial charge on any atom is -0.497 e. The molecule has 3 aromatic rings.